The third-order valence-corrected chi connectivity index (χ3v) is 5.67. The number of halogens is 2. The highest BCUT2D eigenvalue weighted by molar-refractivity contribution is 7.18. The Labute approximate surface area is 180 Å². The zero-order valence-electron chi connectivity index (χ0n) is 15.8. The van der Waals surface area contributed by atoms with Crippen LogP contribution < -0.4 is 16.4 Å². The van der Waals surface area contributed by atoms with Gasteiger partial charge in [-0.3, -0.25) is 14.4 Å². The summed E-state index contributed by atoms with van der Waals surface area (Å²) in [7, 11) is 0. The van der Waals surface area contributed by atoms with E-state index in [9.17, 15) is 18.8 Å². The van der Waals surface area contributed by atoms with Crippen LogP contribution in [0.4, 0.5) is 9.39 Å². The largest absolute Gasteiger partial charge is 0.366 e. The lowest BCUT2D eigenvalue weighted by atomic mass is 10.1. The molecule has 1 aromatic heterocycles. The monoisotopic (exact) mass is 445 g/mol. The Hall–Kier alpha value is -3.23. The molecule has 0 bridgehead atoms. The van der Waals surface area contributed by atoms with Crippen LogP contribution in [0.2, 0.25) is 5.02 Å². The molecule has 0 radical (unpaired) electrons. The second-order valence-electron chi connectivity index (χ2n) is 6.45. The molecule has 0 saturated carbocycles. The molecule has 30 heavy (non-hydrogen) atoms. The minimum absolute atomic E-state index is 0.00284. The van der Waals surface area contributed by atoms with Crippen molar-refractivity contribution < 1.29 is 18.8 Å². The summed E-state index contributed by atoms with van der Waals surface area (Å²) in [5.74, 6) is -1.90. The van der Waals surface area contributed by atoms with E-state index in [2.05, 4.69) is 10.6 Å². The first-order chi connectivity index (χ1) is 14.2. The number of nitrogens with one attached hydrogen (secondary N) is 2. The first kappa shape index (κ1) is 21.5. The van der Waals surface area contributed by atoms with Crippen molar-refractivity contribution in [1.29, 1.82) is 0 Å². The Balaban J connectivity index is 1.68. The van der Waals surface area contributed by atoms with Crippen LogP contribution in [0.25, 0.3) is 0 Å². The van der Waals surface area contributed by atoms with Gasteiger partial charge in [0.25, 0.3) is 11.8 Å². The third-order valence-electron chi connectivity index (χ3n) is 4.20. The van der Waals surface area contributed by atoms with Crippen molar-refractivity contribution in [3.05, 3.63) is 86.5 Å². The molecular weight excluding hydrogens is 429 g/mol. The summed E-state index contributed by atoms with van der Waals surface area (Å²) >= 11 is 7.02. The number of amides is 3. The summed E-state index contributed by atoms with van der Waals surface area (Å²) in [6.45, 7) is 1.96. The molecule has 0 aliphatic carbocycles. The van der Waals surface area contributed by atoms with E-state index in [4.69, 9.17) is 17.3 Å². The average molecular weight is 446 g/mol. The molecule has 0 fully saturated rings. The van der Waals surface area contributed by atoms with Crippen molar-refractivity contribution in [2.24, 2.45) is 5.73 Å². The number of aryl methyl sites for hydroxylation is 1. The molecule has 9 heteroatoms. The Morgan fingerprint density at radius 2 is 1.87 bits per heavy atom. The van der Waals surface area contributed by atoms with Crippen LogP contribution >= 0.6 is 22.9 Å². The molecule has 0 saturated heterocycles. The van der Waals surface area contributed by atoms with Gasteiger partial charge >= 0.3 is 0 Å². The van der Waals surface area contributed by atoms with E-state index in [1.165, 1.54) is 6.07 Å². The maximum atomic E-state index is 13.2. The highest BCUT2D eigenvalue weighted by Crippen LogP contribution is 2.28. The number of anilines is 1. The topological polar surface area (TPSA) is 101 Å². The SMILES string of the molecule is Cc1cc(NC(=O)c2ccc(F)cc2Cl)sc1C(=O)NCc1cccc(C(N)=O)c1. The molecule has 0 aliphatic rings. The highest BCUT2D eigenvalue weighted by Gasteiger charge is 2.17. The minimum atomic E-state index is -0.543. The second kappa shape index (κ2) is 9.06. The van der Waals surface area contributed by atoms with Crippen LogP contribution in [-0.4, -0.2) is 17.7 Å². The number of nitrogens with two attached hydrogens (primary N) is 1. The van der Waals surface area contributed by atoms with Gasteiger partial charge in [-0.1, -0.05) is 23.7 Å². The molecule has 154 valence electrons. The van der Waals surface area contributed by atoms with Gasteiger partial charge in [-0.2, -0.15) is 0 Å². The van der Waals surface area contributed by atoms with Gasteiger partial charge in [0.1, 0.15) is 5.82 Å². The Bertz CT molecular complexity index is 1150. The number of thiophene rings is 1. The van der Waals surface area contributed by atoms with Crippen LogP contribution in [0.1, 0.15) is 41.5 Å². The zero-order chi connectivity index (χ0) is 21.8. The molecule has 1 heterocycles. The van der Waals surface area contributed by atoms with Crippen LogP contribution in [0, 0.1) is 12.7 Å². The van der Waals surface area contributed by atoms with Gasteiger partial charge in [0.2, 0.25) is 5.91 Å². The summed E-state index contributed by atoms with van der Waals surface area (Å²) in [5, 5.41) is 5.90. The number of primary amides is 1. The number of hydrogen-bond acceptors (Lipinski definition) is 4. The number of carbonyl (C=O) groups excluding carboxylic acids is 3. The third kappa shape index (κ3) is 5.03. The fraction of sp³-hybridized carbons (Fsp3) is 0.0952. The summed E-state index contributed by atoms with van der Waals surface area (Å²) < 4.78 is 13.2. The van der Waals surface area contributed by atoms with Gasteiger partial charge in [0, 0.05) is 12.1 Å². The molecule has 3 rings (SSSR count). The van der Waals surface area contributed by atoms with E-state index in [1.807, 2.05) is 0 Å². The maximum absolute atomic E-state index is 13.2. The molecule has 0 atom stereocenters. The minimum Gasteiger partial charge on any atom is -0.366 e. The van der Waals surface area contributed by atoms with Crippen molar-refractivity contribution in [2.75, 3.05) is 5.32 Å². The predicted octanol–water partition coefficient (Wildman–Crippen LogP) is 4.13. The smallest absolute Gasteiger partial charge is 0.261 e. The first-order valence-electron chi connectivity index (χ1n) is 8.78. The summed E-state index contributed by atoms with van der Waals surface area (Å²) in [4.78, 5) is 36.6. The van der Waals surface area contributed by atoms with Crippen molar-refractivity contribution in [2.45, 2.75) is 13.5 Å². The van der Waals surface area contributed by atoms with Crippen LogP contribution in [-0.2, 0) is 6.54 Å². The van der Waals surface area contributed by atoms with E-state index in [0.717, 1.165) is 29.0 Å². The summed E-state index contributed by atoms with van der Waals surface area (Å²) in [6, 6.07) is 11.8. The van der Waals surface area contributed by atoms with E-state index >= 15 is 0 Å². The Morgan fingerprint density at radius 1 is 1.10 bits per heavy atom. The second-order valence-corrected chi connectivity index (χ2v) is 7.91. The van der Waals surface area contributed by atoms with E-state index in [1.54, 1.807) is 37.3 Å². The van der Waals surface area contributed by atoms with Crippen LogP contribution in [0.3, 0.4) is 0 Å². The van der Waals surface area contributed by atoms with Crippen molar-refractivity contribution in [3.8, 4) is 0 Å². The lowest BCUT2D eigenvalue weighted by Gasteiger charge is -2.06. The average Bonchev–Trinajstić information content (AvgIpc) is 3.06. The molecule has 6 nitrogen and oxygen atoms in total. The summed E-state index contributed by atoms with van der Waals surface area (Å²) in [6.07, 6.45) is 0. The lowest BCUT2D eigenvalue weighted by Crippen LogP contribution is -2.22. The number of benzene rings is 2. The van der Waals surface area contributed by atoms with Gasteiger partial charge in [-0.15, -0.1) is 11.3 Å². The molecule has 0 aliphatic heterocycles. The number of hydrogen-bond donors (Lipinski definition) is 3. The van der Waals surface area contributed by atoms with Gasteiger partial charge in [0.15, 0.2) is 0 Å². The van der Waals surface area contributed by atoms with Crippen molar-refractivity contribution in [1.82, 2.24) is 5.32 Å². The van der Waals surface area contributed by atoms with Crippen molar-refractivity contribution >= 4 is 45.7 Å². The molecule has 3 amide bonds. The molecule has 0 unspecified atom stereocenters. The standard InChI is InChI=1S/C21H17ClFN3O3S/c1-11-7-17(26-20(28)15-6-5-14(23)9-16(15)22)30-18(11)21(29)25-10-12-3-2-4-13(8-12)19(24)27/h2-9H,10H2,1H3,(H2,24,27)(H,25,29)(H,26,28). The molecule has 4 N–H and O–H groups in total. The summed E-state index contributed by atoms with van der Waals surface area (Å²) in [5.41, 5.74) is 7.17. The maximum Gasteiger partial charge on any atom is 0.261 e. The van der Waals surface area contributed by atoms with E-state index in [0.29, 0.717) is 21.0 Å². The number of carbonyl (C=O) groups is 3. The fourth-order valence-electron chi connectivity index (χ4n) is 2.72. The van der Waals surface area contributed by atoms with Gasteiger partial charge < -0.3 is 16.4 Å². The first-order valence-corrected chi connectivity index (χ1v) is 9.98. The molecule has 2 aromatic carbocycles. The Kier molecular flexibility index (Phi) is 6.49. The predicted molar refractivity (Wildman–Crippen MR) is 115 cm³/mol. The Morgan fingerprint density at radius 3 is 2.57 bits per heavy atom. The normalized spacial score (nSPS) is 10.5. The van der Waals surface area contributed by atoms with Crippen LogP contribution in [0.15, 0.2) is 48.5 Å². The van der Waals surface area contributed by atoms with E-state index < -0.39 is 17.6 Å². The van der Waals surface area contributed by atoms with Gasteiger partial charge in [-0.25, -0.2) is 4.39 Å². The highest BCUT2D eigenvalue weighted by atomic mass is 35.5. The van der Waals surface area contributed by atoms with Gasteiger partial charge in [-0.05, 0) is 54.4 Å². The number of rotatable bonds is 6. The molecule has 3 aromatic rings. The lowest BCUT2D eigenvalue weighted by molar-refractivity contribution is 0.0953. The van der Waals surface area contributed by atoms with E-state index in [-0.39, 0.29) is 23.0 Å². The fourth-order valence-corrected chi connectivity index (χ4v) is 3.96. The zero-order valence-corrected chi connectivity index (χ0v) is 17.4. The molecule has 0 spiro atoms. The van der Waals surface area contributed by atoms with Crippen LogP contribution in [0.5, 0.6) is 0 Å². The van der Waals surface area contributed by atoms with Gasteiger partial charge in [0.05, 0.1) is 20.5 Å². The molecular formula is C21H17ClFN3O3S. The quantitative estimate of drug-likeness (QED) is 0.531. The van der Waals surface area contributed by atoms with Crippen molar-refractivity contribution in [3.63, 3.8) is 0 Å².